The highest BCUT2D eigenvalue weighted by Gasteiger charge is 2.34. The van der Waals surface area contributed by atoms with Crippen molar-refractivity contribution in [3.8, 4) is 10.6 Å². The third-order valence-electron chi connectivity index (χ3n) is 4.31. The molecule has 0 radical (unpaired) electrons. The first-order chi connectivity index (χ1) is 10.9. The average Bonchev–Trinajstić information content (AvgIpc) is 3.16. The summed E-state index contributed by atoms with van der Waals surface area (Å²) in [6.07, 6.45) is 4.63. The average molecular weight is 354 g/mol. The molecule has 1 aliphatic heterocycles. The summed E-state index contributed by atoms with van der Waals surface area (Å²) >= 11 is 1.52. The second kappa shape index (κ2) is 6.37. The zero-order valence-corrected chi connectivity index (χ0v) is 15.4. The van der Waals surface area contributed by atoms with Crippen LogP contribution in [0.25, 0.3) is 10.6 Å². The summed E-state index contributed by atoms with van der Waals surface area (Å²) in [5.41, 5.74) is 0.575. The minimum Gasteiger partial charge on any atom is -0.268 e. The lowest BCUT2D eigenvalue weighted by Gasteiger charge is -2.32. The Morgan fingerprint density at radius 1 is 1.35 bits per heavy atom. The molecule has 1 aliphatic rings. The van der Waals surface area contributed by atoms with Crippen LogP contribution in [0.15, 0.2) is 28.6 Å². The van der Waals surface area contributed by atoms with Gasteiger partial charge in [-0.25, -0.2) is 8.42 Å². The van der Waals surface area contributed by atoms with E-state index in [2.05, 4.69) is 5.10 Å². The monoisotopic (exact) mass is 353 g/mol. The van der Waals surface area contributed by atoms with E-state index in [1.807, 2.05) is 38.3 Å². The van der Waals surface area contributed by atoms with Gasteiger partial charge in [0.15, 0.2) is 0 Å². The van der Waals surface area contributed by atoms with Crippen LogP contribution in [0.2, 0.25) is 0 Å². The van der Waals surface area contributed by atoms with Crippen LogP contribution in [-0.2, 0) is 10.0 Å². The van der Waals surface area contributed by atoms with Crippen LogP contribution in [0.4, 0.5) is 0 Å². The quantitative estimate of drug-likeness (QED) is 0.841. The zero-order valence-electron chi connectivity index (χ0n) is 13.8. The molecule has 0 amide bonds. The molecule has 3 rings (SSSR count). The van der Waals surface area contributed by atoms with Crippen LogP contribution >= 0.6 is 11.3 Å². The van der Waals surface area contributed by atoms with Gasteiger partial charge >= 0.3 is 0 Å². The van der Waals surface area contributed by atoms with Gasteiger partial charge in [0.25, 0.3) is 0 Å². The highest BCUT2D eigenvalue weighted by atomic mass is 32.2. The highest BCUT2D eigenvalue weighted by Crippen LogP contribution is 2.34. The first-order valence-corrected chi connectivity index (χ1v) is 10.4. The number of nitrogens with zero attached hydrogens (tertiary/aromatic N) is 3. The van der Waals surface area contributed by atoms with Gasteiger partial charge in [0, 0.05) is 24.8 Å². The Kier molecular flexibility index (Phi) is 4.62. The van der Waals surface area contributed by atoms with Crippen molar-refractivity contribution in [3.05, 3.63) is 23.7 Å². The lowest BCUT2D eigenvalue weighted by Crippen LogP contribution is -2.41. The van der Waals surface area contributed by atoms with Gasteiger partial charge in [-0.05, 0) is 45.1 Å². The summed E-state index contributed by atoms with van der Waals surface area (Å²) in [5, 5.41) is 6.51. The molecule has 0 bridgehead atoms. The summed E-state index contributed by atoms with van der Waals surface area (Å²) in [6, 6.07) is 4.02. The van der Waals surface area contributed by atoms with Gasteiger partial charge in [0.05, 0.1) is 4.88 Å². The van der Waals surface area contributed by atoms with Gasteiger partial charge in [0.2, 0.25) is 10.0 Å². The van der Waals surface area contributed by atoms with Crippen LogP contribution in [0.1, 0.15) is 46.1 Å². The third-order valence-corrected chi connectivity index (χ3v) is 7.20. The fourth-order valence-corrected chi connectivity index (χ4v) is 5.59. The Labute approximate surface area is 142 Å². The number of thiophene rings is 1. The molecular formula is C16H23N3O2S2. The van der Waals surface area contributed by atoms with Gasteiger partial charge < -0.3 is 0 Å². The van der Waals surface area contributed by atoms with Crippen LogP contribution < -0.4 is 0 Å². The van der Waals surface area contributed by atoms with Crippen molar-refractivity contribution in [2.45, 2.75) is 57.0 Å². The molecule has 3 heterocycles. The largest absolute Gasteiger partial charge is 0.268 e. The Bertz CT molecular complexity index is 763. The molecule has 2 aromatic rings. The third kappa shape index (κ3) is 3.09. The van der Waals surface area contributed by atoms with E-state index in [9.17, 15) is 8.42 Å². The summed E-state index contributed by atoms with van der Waals surface area (Å²) in [4.78, 5) is 1.23. The molecule has 0 aliphatic carbocycles. The smallest absolute Gasteiger partial charge is 0.247 e. The summed E-state index contributed by atoms with van der Waals surface area (Å²) < 4.78 is 29.8. The summed E-state index contributed by atoms with van der Waals surface area (Å²) in [5.74, 6) is 0. The van der Waals surface area contributed by atoms with E-state index in [1.54, 1.807) is 15.2 Å². The van der Waals surface area contributed by atoms with E-state index in [4.69, 9.17) is 0 Å². The molecule has 1 unspecified atom stereocenters. The van der Waals surface area contributed by atoms with Crippen LogP contribution in [0.5, 0.6) is 0 Å². The van der Waals surface area contributed by atoms with Crippen LogP contribution in [-0.4, -0.2) is 35.1 Å². The van der Waals surface area contributed by atoms with Gasteiger partial charge in [0.1, 0.15) is 10.6 Å². The molecule has 0 saturated carbocycles. The SMILES string of the molecule is CC1CCCCN1S(=O)(=O)c1cn(C(C)C)nc1-c1cccs1. The van der Waals surface area contributed by atoms with Crippen molar-refractivity contribution in [2.24, 2.45) is 0 Å². The minimum absolute atomic E-state index is 0.0485. The fourth-order valence-electron chi connectivity index (χ4n) is 2.97. The number of hydrogen-bond acceptors (Lipinski definition) is 4. The maximum Gasteiger partial charge on any atom is 0.247 e. The Hall–Kier alpha value is -1.18. The van der Waals surface area contributed by atoms with E-state index in [0.717, 1.165) is 24.1 Å². The number of hydrogen-bond donors (Lipinski definition) is 0. The van der Waals surface area contributed by atoms with Gasteiger partial charge in [-0.1, -0.05) is 12.5 Å². The standard InChI is InChI=1S/C16H23N3O2S2/c1-12(2)18-11-15(16(17-18)14-8-6-10-22-14)23(20,21)19-9-5-4-7-13(19)3/h6,8,10-13H,4-5,7,9H2,1-3H3. The maximum atomic E-state index is 13.2. The molecule has 7 heteroatoms. The first-order valence-electron chi connectivity index (χ1n) is 8.06. The molecule has 5 nitrogen and oxygen atoms in total. The first kappa shape index (κ1) is 16.7. The van der Waals surface area contributed by atoms with E-state index in [0.29, 0.717) is 17.1 Å². The molecule has 1 fully saturated rings. The Balaban J connectivity index is 2.10. The fraction of sp³-hybridized carbons (Fsp3) is 0.562. The second-order valence-corrected chi connectivity index (χ2v) is 9.16. The number of aromatic nitrogens is 2. The molecule has 126 valence electrons. The molecule has 2 aromatic heterocycles. The predicted molar refractivity (Wildman–Crippen MR) is 93.1 cm³/mol. The van der Waals surface area contributed by atoms with Crippen LogP contribution in [0, 0.1) is 0 Å². The Morgan fingerprint density at radius 2 is 2.13 bits per heavy atom. The lowest BCUT2D eigenvalue weighted by molar-refractivity contribution is 0.269. The summed E-state index contributed by atoms with van der Waals surface area (Å²) in [7, 11) is -3.52. The van der Waals surface area contributed by atoms with E-state index < -0.39 is 10.0 Å². The van der Waals surface area contributed by atoms with Crippen molar-refractivity contribution in [1.82, 2.24) is 14.1 Å². The van der Waals surface area contributed by atoms with E-state index >= 15 is 0 Å². The van der Waals surface area contributed by atoms with E-state index in [1.165, 1.54) is 11.3 Å². The molecule has 1 saturated heterocycles. The van der Waals surface area contributed by atoms with Gasteiger partial charge in [-0.2, -0.15) is 9.40 Å². The molecule has 0 spiro atoms. The second-order valence-electron chi connectivity index (χ2n) is 6.35. The Morgan fingerprint density at radius 3 is 2.74 bits per heavy atom. The highest BCUT2D eigenvalue weighted by molar-refractivity contribution is 7.89. The van der Waals surface area contributed by atoms with Crippen LogP contribution in [0.3, 0.4) is 0 Å². The number of sulfonamides is 1. The molecule has 23 heavy (non-hydrogen) atoms. The predicted octanol–water partition coefficient (Wildman–Crippen LogP) is 3.76. The van der Waals surface area contributed by atoms with Crippen molar-refractivity contribution < 1.29 is 8.42 Å². The zero-order chi connectivity index (χ0) is 16.6. The minimum atomic E-state index is -3.52. The summed E-state index contributed by atoms with van der Waals surface area (Å²) in [6.45, 7) is 6.60. The normalized spacial score (nSPS) is 20.3. The number of piperidine rings is 1. The maximum absolute atomic E-state index is 13.2. The molecule has 0 aromatic carbocycles. The van der Waals surface area contributed by atoms with Crippen molar-refractivity contribution in [2.75, 3.05) is 6.54 Å². The molecular weight excluding hydrogens is 330 g/mol. The molecule has 1 atom stereocenters. The van der Waals surface area contributed by atoms with Gasteiger partial charge in [-0.15, -0.1) is 11.3 Å². The number of rotatable bonds is 4. The van der Waals surface area contributed by atoms with Crippen molar-refractivity contribution in [1.29, 1.82) is 0 Å². The van der Waals surface area contributed by atoms with Gasteiger partial charge in [-0.3, -0.25) is 4.68 Å². The van der Waals surface area contributed by atoms with E-state index in [-0.39, 0.29) is 12.1 Å². The van der Waals surface area contributed by atoms with Crippen molar-refractivity contribution in [3.63, 3.8) is 0 Å². The molecule has 0 N–H and O–H groups in total. The topological polar surface area (TPSA) is 55.2 Å². The van der Waals surface area contributed by atoms with Crippen molar-refractivity contribution >= 4 is 21.4 Å². The lowest BCUT2D eigenvalue weighted by atomic mass is 10.1.